The summed E-state index contributed by atoms with van der Waals surface area (Å²) in [6, 6.07) is 0. The van der Waals surface area contributed by atoms with Gasteiger partial charge in [-0.25, -0.2) is 9.59 Å². The van der Waals surface area contributed by atoms with Gasteiger partial charge in [0.25, 0.3) is 5.79 Å². The lowest BCUT2D eigenvalue weighted by Crippen LogP contribution is -2.42. The number of cyclic esters (lactones) is 2. The third kappa shape index (κ3) is 4.20. The van der Waals surface area contributed by atoms with Crippen molar-refractivity contribution in [1.29, 1.82) is 0 Å². The largest absolute Gasteiger partial charge is 0.419 e. The molecule has 0 radical (unpaired) electrons. The fourth-order valence-electron chi connectivity index (χ4n) is 1.28. The highest BCUT2D eigenvalue weighted by Crippen LogP contribution is 2.22. The van der Waals surface area contributed by atoms with Crippen molar-refractivity contribution >= 4 is 23.5 Å². The molecule has 0 aromatic heterocycles. The van der Waals surface area contributed by atoms with E-state index in [4.69, 9.17) is 32.5 Å². The van der Waals surface area contributed by atoms with E-state index in [0.717, 1.165) is 6.20 Å². The van der Waals surface area contributed by atoms with Crippen LogP contribution in [0, 0.1) is 0 Å². The average molecular weight is 302 g/mol. The number of halogens is 1. The standard InChI is InChI=1S/C12H16ClN3O4/c1-6(9(13)15)4-8(14)16-5-7-10(17)19-12(2,3)20-11(7)18/h4-5,16H,14-15H2,1-3H3/b8-4+,9-6-. The zero-order valence-corrected chi connectivity index (χ0v) is 12.1. The Hall–Kier alpha value is -2.15. The lowest BCUT2D eigenvalue weighted by molar-refractivity contribution is -0.222. The Balaban J connectivity index is 2.84. The van der Waals surface area contributed by atoms with Gasteiger partial charge < -0.3 is 26.3 Å². The zero-order chi connectivity index (χ0) is 15.5. The number of esters is 2. The third-order valence-electron chi connectivity index (χ3n) is 2.25. The first kappa shape index (κ1) is 15.9. The van der Waals surface area contributed by atoms with Crippen LogP contribution in [0.4, 0.5) is 0 Å². The van der Waals surface area contributed by atoms with Crippen LogP contribution in [0.15, 0.2) is 34.4 Å². The molecule has 1 rings (SSSR count). The minimum Gasteiger partial charge on any atom is -0.419 e. The van der Waals surface area contributed by atoms with Crippen LogP contribution in [0.25, 0.3) is 0 Å². The van der Waals surface area contributed by atoms with Crippen LogP contribution in [0.5, 0.6) is 0 Å². The number of carbonyl (C=O) groups excluding carboxylic acids is 2. The van der Waals surface area contributed by atoms with Crippen LogP contribution in [-0.2, 0) is 19.1 Å². The molecule has 1 fully saturated rings. The molecule has 0 aliphatic carbocycles. The predicted octanol–water partition coefficient (Wildman–Crippen LogP) is 0.525. The first-order valence-electron chi connectivity index (χ1n) is 5.65. The van der Waals surface area contributed by atoms with E-state index in [1.807, 2.05) is 0 Å². The van der Waals surface area contributed by atoms with Crippen LogP contribution in [0.2, 0.25) is 0 Å². The molecule has 110 valence electrons. The van der Waals surface area contributed by atoms with E-state index in [1.165, 1.54) is 19.9 Å². The zero-order valence-electron chi connectivity index (χ0n) is 11.3. The molecule has 1 heterocycles. The van der Waals surface area contributed by atoms with Crippen LogP contribution in [0.1, 0.15) is 20.8 Å². The van der Waals surface area contributed by atoms with Crippen molar-refractivity contribution in [1.82, 2.24) is 5.32 Å². The summed E-state index contributed by atoms with van der Waals surface area (Å²) in [4.78, 5) is 23.2. The van der Waals surface area contributed by atoms with Crippen molar-refractivity contribution in [2.45, 2.75) is 26.6 Å². The minimum atomic E-state index is -1.28. The molecule has 0 spiro atoms. The molecule has 0 unspecified atom stereocenters. The van der Waals surface area contributed by atoms with Gasteiger partial charge in [-0.15, -0.1) is 0 Å². The van der Waals surface area contributed by atoms with Gasteiger partial charge in [0.15, 0.2) is 5.57 Å². The molecular formula is C12H16ClN3O4. The molecule has 0 amide bonds. The minimum absolute atomic E-state index is 0.0839. The molecule has 0 bridgehead atoms. The molecule has 1 aliphatic heterocycles. The van der Waals surface area contributed by atoms with Gasteiger partial charge in [-0.2, -0.15) is 0 Å². The van der Waals surface area contributed by atoms with Crippen molar-refractivity contribution in [3.63, 3.8) is 0 Å². The van der Waals surface area contributed by atoms with E-state index < -0.39 is 17.7 Å². The third-order valence-corrected chi connectivity index (χ3v) is 2.55. The molecule has 5 N–H and O–H groups in total. The Kier molecular flexibility index (Phi) is 4.67. The Morgan fingerprint density at radius 2 is 1.75 bits per heavy atom. The highest BCUT2D eigenvalue weighted by atomic mass is 35.5. The van der Waals surface area contributed by atoms with E-state index in [1.54, 1.807) is 6.92 Å². The number of nitrogens with one attached hydrogen (secondary N) is 1. The number of allylic oxidation sites excluding steroid dienone is 2. The van der Waals surface area contributed by atoms with Crippen molar-refractivity contribution in [3.8, 4) is 0 Å². The lowest BCUT2D eigenvalue weighted by Gasteiger charge is -2.29. The Morgan fingerprint density at radius 1 is 1.25 bits per heavy atom. The summed E-state index contributed by atoms with van der Waals surface area (Å²) >= 11 is 5.56. The molecule has 8 heteroatoms. The van der Waals surface area contributed by atoms with E-state index in [-0.39, 0.29) is 16.6 Å². The molecule has 20 heavy (non-hydrogen) atoms. The number of hydrogen-bond donors (Lipinski definition) is 3. The van der Waals surface area contributed by atoms with Gasteiger partial charge in [-0.05, 0) is 18.6 Å². The second-order valence-corrected chi connectivity index (χ2v) is 4.92. The molecular weight excluding hydrogens is 286 g/mol. The highest BCUT2D eigenvalue weighted by Gasteiger charge is 2.38. The summed E-state index contributed by atoms with van der Waals surface area (Å²) < 4.78 is 9.81. The molecule has 1 saturated heterocycles. The van der Waals surface area contributed by atoms with Crippen molar-refractivity contribution in [2.24, 2.45) is 11.5 Å². The van der Waals surface area contributed by atoms with Crippen LogP contribution in [-0.4, -0.2) is 17.7 Å². The van der Waals surface area contributed by atoms with Crippen LogP contribution in [0.3, 0.4) is 0 Å². The number of hydrogen-bond acceptors (Lipinski definition) is 7. The summed E-state index contributed by atoms with van der Waals surface area (Å²) in [6.07, 6.45) is 2.55. The second-order valence-electron chi connectivity index (χ2n) is 4.51. The summed E-state index contributed by atoms with van der Waals surface area (Å²) in [6.45, 7) is 4.56. The molecule has 0 aromatic carbocycles. The van der Waals surface area contributed by atoms with Gasteiger partial charge in [0, 0.05) is 20.0 Å². The van der Waals surface area contributed by atoms with E-state index in [2.05, 4.69) is 5.32 Å². The molecule has 0 atom stereocenters. The molecule has 1 aliphatic rings. The van der Waals surface area contributed by atoms with Gasteiger partial charge in [0.2, 0.25) is 0 Å². The summed E-state index contributed by atoms with van der Waals surface area (Å²) in [5.74, 6) is -2.73. The van der Waals surface area contributed by atoms with Gasteiger partial charge in [-0.1, -0.05) is 11.6 Å². The smallest absolute Gasteiger partial charge is 0.350 e. The lowest BCUT2D eigenvalue weighted by atomic mass is 10.2. The maximum atomic E-state index is 11.6. The van der Waals surface area contributed by atoms with Crippen molar-refractivity contribution in [2.75, 3.05) is 0 Å². The van der Waals surface area contributed by atoms with Gasteiger partial charge in [-0.3, -0.25) is 0 Å². The first-order valence-corrected chi connectivity index (χ1v) is 6.02. The van der Waals surface area contributed by atoms with Gasteiger partial charge in [0.05, 0.1) is 0 Å². The van der Waals surface area contributed by atoms with Gasteiger partial charge >= 0.3 is 11.9 Å². The summed E-state index contributed by atoms with van der Waals surface area (Å²) in [5, 5.41) is 2.64. The number of ether oxygens (including phenoxy) is 2. The molecule has 0 aromatic rings. The molecule has 7 nitrogen and oxygen atoms in total. The van der Waals surface area contributed by atoms with E-state index in [0.29, 0.717) is 5.57 Å². The average Bonchev–Trinajstić information content (AvgIpc) is 2.25. The summed E-state index contributed by atoms with van der Waals surface area (Å²) in [5.41, 5.74) is 11.2. The fourth-order valence-corrected chi connectivity index (χ4v) is 1.33. The second kappa shape index (κ2) is 5.87. The number of nitrogens with two attached hydrogens (primary N) is 2. The normalized spacial score (nSPS) is 19.8. The Morgan fingerprint density at radius 3 is 2.20 bits per heavy atom. The quantitative estimate of drug-likeness (QED) is 0.229. The monoisotopic (exact) mass is 301 g/mol. The fraction of sp³-hybridized carbons (Fsp3) is 0.333. The van der Waals surface area contributed by atoms with E-state index >= 15 is 0 Å². The number of carbonyl (C=O) groups is 2. The summed E-state index contributed by atoms with van der Waals surface area (Å²) in [7, 11) is 0. The topological polar surface area (TPSA) is 117 Å². The first-order chi connectivity index (χ1) is 9.12. The van der Waals surface area contributed by atoms with E-state index in [9.17, 15) is 9.59 Å². The Bertz CT molecular complexity index is 509. The van der Waals surface area contributed by atoms with Crippen molar-refractivity contribution < 1.29 is 19.1 Å². The maximum Gasteiger partial charge on any atom is 0.350 e. The SMILES string of the molecule is CC(/C=C(\N)NC=C1C(=O)OC(C)(C)OC1=O)=C(/N)Cl. The van der Waals surface area contributed by atoms with Crippen molar-refractivity contribution in [3.05, 3.63) is 34.4 Å². The Labute approximate surface area is 121 Å². The molecule has 0 saturated carbocycles. The van der Waals surface area contributed by atoms with Crippen LogP contribution >= 0.6 is 11.6 Å². The number of rotatable bonds is 3. The van der Waals surface area contributed by atoms with Crippen LogP contribution < -0.4 is 16.8 Å². The maximum absolute atomic E-state index is 11.6. The predicted molar refractivity (Wildman–Crippen MR) is 72.5 cm³/mol. The van der Waals surface area contributed by atoms with Gasteiger partial charge in [0.1, 0.15) is 11.0 Å². The highest BCUT2D eigenvalue weighted by molar-refractivity contribution is 6.29.